The number of likely N-dealkylation sites (tertiary alicyclic amines) is 1. The average Bonchev–Trinajstić information content (AvgIpc) is 2.41. The first kappa shape index (κ1) is 15.2. The van der Waals surface area contributed by atoms with Gasteiger partial charge < -0.3 is 9.64 Å². The van der Waals surface area contributed by atoms with Gasteiger partial charge in [0.2, 0.25) is 5.91 Å². The molecule has 1 atom stereocenters. The summed E-state index contributed by atoms with van der Waals surface area (Å²) in [5.41, 5.74) is 0.229. The minimum atomic E-state index is -0.0277. The van der Waals surface area contributed by atoms with Gasteiger partial charge in [-0.2, -0.15) is 0 Å². The average molecular weight is 255 g/mol. The van der Waals surface area contributed by atoms with Crippen LogP contribution in [0.5, 0.6) is 0 Å². The highest BCUT2D eigenvalue weighted by atomic mass is 16.5. The molecule has 1 unspecified atom stereocenters. The molecule has 0 aliphatic carbocycles. The number of rotatable bonds is 4. The molecule has 1 aliphatic heterocycles. The largest absolute Gasteiger partial charge is 0.377 e. The molecular formula is C14H25NO3. The predicted octanol–water partition coefficient (Wildman–Crippen LogP) is 1.88. The van der Waals surface area contributed by atoms with Crippen molar-refractivity contribution in [1.82, 2.24) is 4.90 Å². The summed E-state index contributed by atoms with van der Waals surface area (Å²) in [5.74, 6) is 0.621. The molecule has 0 aromatic carbocycles. The molecule has 4 heteroatoms. The molecule has 1 heterocycles. The van der Waals surface area contributed by atoms with Crippen molar-refractivity contribution in [1.29, 1.82) is 0 Å². The summed E-state index contributed by atoms with van der Waals surface area (Å²) in [5, 5.41) is 0. The maximum atomic E-state index is 12.0. The highest BCUT2D eigenvalue weighted by molar-refractivity contribution is 5.87. The van der Waals surface area contributed by atoms with Crippen LogP contribution >= 0.6 is 0 Å². The fraction of sp³-hybridized carbons (Fsp3) is 0.857. The van der Waals surface area contributed by atoms with Crippen LogP contribution in [-0.4, -0.2) is 43.4 Å². The minimum absolute atomic E-state index is 0.0277. The molecule has 0 saturated carbocycles. The fourth-order valence-corrected chi connectivity index (χ4v) is 2.49. The van der Waals surface area contributed by atoms with E-state index in [1.807, 2.05) is 0 Å². The van der Waals surface area contributed by atoms with E-state index in [4.69, 9.17) is 4.74 Å². The van der Waals surface area contributed by atoms with Crippen molar-refractivity contribution in [2.45, 2.75) is 40.0 Å². The van der Waals surface area contributed by atoms with Crippen LogP contribution in [0.2, 0.25) is 0 Å². The first-order valence-corrected chi connectivity index (χ1v) is 6.63. The van der Waals surface area contributed by atoms with Crippen LogP contribution in [-0.2, 0) is 14.3 Å². The molecule has 0 aromatic heterocycles. The third kappa shape index (κ3) is 4.41. The van der Waals surface area contributed by atoms with Gasteiger partial charge in [0.25, 0.3) is 0 Å². The Labute approximate surface area is 110 Å². The summed E-state index contributed by atoms with van der Waals surface area (Å²) in [7, 11) is 1.50. The number of ether oxygens (including phenoxy) is 1. The Balaban J connectivity index is 2.57. The second kappa shape index (κ2) is 6.32. The second-order valence-corrected chi connectivity index (χ2v) is 6.18. The van der Waals surface area contributed by atoms with Crippen molar-refractivity contribution in [2.75, 3.05) is 26.8 Å². The minimum Gasteiger partial charge on any atom is -0.377 e. The Morgan fingerprint density at radius 1 is 1.39 bits per heavy atom. The third-order valence-corrected chi connectivity index (χ3v) is 3.70. The lowest BCUT2D eigenvalue weighted by atomic mass is 9.77. The van der Waals surface area contributed by atoms with Gasteiger partial charge in [0, 0.05) is 20.1 Å². The van der Waals surface area contributed by atoms with E-state index in [9.17, 15) is 9.59 Å². The summed E-state index contributed by atoms with van der Waals surface area (Å²) >= 11 is 0. The molecule has 0 aromatic rings. The molecule has 104 valence electrons. The molecule has 0 radical (unpaired) electrons. The van der Waals surface area contributed by atoms with E-state index < -0.39 is 0 Å². The highest BCUT2D eigenvalue weighted by Crippen LogP contribution is 2.34. The van der Waals surface area contributed by atoms with Gasteiger partial charge in [-0.05, 0) is 24.2 Å². The zero-order chi connectivity index (χ0) is 13.8. The number of carbonyl (C=O) groups is 2. The smallest absolute Gasteiger partial charge is 0.222 e. The first-order valence-electron chi connectivity index (χ1n) is 6.63. The number of methoxy groups -OCH3 is 1. The molecule has 0 bridgehead atoms. The molecular weight excluding hydrogens is 230 g/mol. The van der Waals surface area contributed by atoms with E-state index in [0.717, 1.165) is 12.8 Å². The first-order chi connectivity index (χ1) is 8.34. The lowest BCUT2D eigenvalue weighted by Crippen LogP contribution is -2.36. The quantitative estimate of drug-likeness (QED) is 0.770. The molecule has 0 N–H and O–H groups in total. The van der Waals surface area contributed by atoms with Crippen LogP contribution in [0.3, 0.4) is 0 Å². The Kier molecular flexibility index (Phi) is 5.32. The summed E-state index contributed by atoms with van der Waals surface area (Å²) in [6.45, 7) is 7.63. The van der Waals surface area contributed by atoms with Crippen molar-refractivity contribution in [2.24, 2.45) is 11.3 Å². The molecule has 1 amide bonds. The van der Waals surface area contributed by atoms with E-state index in [1.54, 1.807) is 4.90 Å². The zero-order valence-corrected chi connectivity index (χ0v) is 12.0. The maximum absolute atomic E-state index is 12.0. The molecule has 18 heavy (non-hydrogen) atoms. The van der Waals surface area contributed by atoms with E-state index in [2.05, 4.69) is 20.8 Å². The normalized spacial score (nSPS) is 21.9. The van der Waals surface area contributed by atoms with Gasteiger partial charge in [-0.1, -0.05) is 20.8 Å². The van der Waals surface area contributed by atoms with Crippen LogP contribution in [0, 0.1) is 11.3 Å². The maximum Gasteiger partial charge on any atom is 0.222 e. The molecule has 1 fully saturated rings. The molecule has 1 rings (SSSR count). The van der Waals surface area contributed by atoms with E-state index in [0.29, 0.717) is 18.9 Å². The van der Waals surface area contributed by atoms with Gasteiger partial charge in [-0.15, -0.1) is 0 Å². The van der Waals surface area contributed by atoms with E-state index >= 15 is 0 Å². The molecule has 4 nitrogen and oxygen atoms in total. The lowest BCUT2D eigenvalue weighted by molar-refractivity contribution is -0.136. The Bertz CT molecular complexity index is 307. The van der Waals surface area contributed by atoms with Crippen LogP contribution in [0.4, 0.5) is 0 Å². The van der Waals surface area contributed by atoms with Crippen molar-refractivity contribution in [3.05, 3.63) is 0 Å². The Hall–Kier alpha value is -0.900. The highest BCUT2D eigenvalue weighted by Gasteiger charge is 2.30. The SMILES string of the molecule is COCC(=O)CN1CCC(C(C)(C)C)CCC1=O. The van der Waals surface area contributed by atoms with Gasteiger partial charge in [-0.25, -0.2) is 0 Å². The third-order valence-electron chi connectivity index (χ3n) is 3.70. The van der Waals surface area contributed by atoms with Gasteiger partial charge in [-0.3, -0.25) is 9.59 Å². The van der Waals surface area contributed by atoms with Crippen molar-refractivity contribution in [3.8, 4) is 0 Å². The second-order valence-electron chi connectivity index (χ2n) is 6.18. The summed E-state index contributed by atoms with van der Waals surface area (Å²) < 4.78 is 4.80. The van der Waals surface area contributed by atoms with Crippen LogP contribution in [0.1, 0.15) is 40.0 Å². The number of Topliss-reactive ketones (excluding diaryl/α,β-unsaturated/α-hetero) is 1. The predicted molar refractivity (Wildman–Crippen MR) is 70.3 cm³/mol. The zero-order valence-electron chi connectivity index (χ0n) is 12.0. The monoisotopic (exact) mass is 255 g/mol. The number of nitrogens with zero attached hydrogens (tertiary/aromatic N) is 1. The standard InChI is InChI=1S/C14H25NO3/c1-14(2,3)11-5-6-13(17)15(8-7-11)9-12(16)10-18-4/h11H,5-10H2,1-4H3. The lowest BCUT2D eigenvalue weighted by Gasteiger charge is -2.29. The van der Waals surface area contributed by atoms with Crippen molar-refractivity contribution < 1.29 is 14.3 Å². The van der Waals surface area contributed by atoms with E-state index in [1.165, 1.54) is 7.11 Å². The van der Waals surface area contributed by atoms with Crippen molar-refractivity contribution >= 4 is 11.7 Å². The topological polar surface area (TPSA) is 46.6 Å². The molecule has 1 saturated heterocycles. The van der Waals surface area contributed by atoms with E-state index in [-0.39, 0.29) is 30.3 Å². The summed E-state index contributed by atoms with van der Waals surface area (Å²) in [6, 6.07) is 0. The van der Waals surface area contributed by atoms with Crippen LogP contribution < -0.4 is 0 Å². The molecule has 0 spiro atoms. The summed E-state index contributed by atoms with van der Waals surface area (Å²) in [6.07, 6.45) is 2.47. The Morgan fingerprint density at radius 3 is 2.61 bits per heavy atom. The van der Waals surface area contributed by atoms with Crippen LogP contribution in [0.15, 0.2) is 0 Å². The molecule has 1 aliphatic rings. The number of hydrogen-bond acceptors (Lipinski definition) is 3. The number of amides is 1. The van der Waals surface area contributed by atoms with Crippen molar-refractivity contribution in [3.63, 3.8) is 0 Å². The number of hydrogen-bond donors (Lipinski definition) is 0. The Morgan fingerprint density at radius 2 is 2.06 bits per heavy atom. The number of ketones is 1. The van der Waals surface area contributed by atoms with Crippen LogP contribution in [0.25, 0.3) is 0 Å². The van der Waals surface area contributed by atoms with Gasteiger partial charge in [0.15, 0.2) is 5.78 Å². The fourth-order valence-electron chi connectivity index (χ4n) is 2.49. The van der Waals surface area contributed by atoms with Gasteiger partial charge in [0.1, 0.15) is 6.61 Å². The van der Waals surface area contributed by atoms with Gasteiger partial charge in [0.05, 0.1) is 6.54 Å². The summed E-state index contributed by atoms with van der Waals surface area (Å²) in [4.78, 5) is 25.2. The van der Waals surface area contributed by atoms with Gasteiger partial charge >= 0.3 is 0 Å². The number of carbonyl (C=O) groups excluding carboxylic acids is 2.